The second-order valence-electron chi connectivity index (χ2n) is 9.83. The van der Waals surface area contributed by atoms with Crippen LogP contribution in [0, 0.1) is 0 Å². The third-order valence-electron chi connectivity index (χ3n) is 5.48. The summed E-state index contributed by atoms with van der Waals surface area (Å²) in [6.07, 6.45) is -0.317. The minimum Gasteiger partial charge on any atom is -0.479 e. The molecule has 2 atom stereocenters. The van der Waals surface area contributed by atoms with Gasteiger partial charge in [0.2, 0.25) is 5.89 Å². The molecule has 4 rings (SSSR count). The fraction of sp³-hybridized carbons (Fsp3) is 0.333. The predicted octanol–water partition coefficient (Wildman–Crippen LogP) is 5.89. The van der Waals surface area contributed by atoms with Gasteiger partial charge in [0.25, 0.3) is 0 Å². The second-order valence-corrected chi connectivity index (χ2v) is 9.83. The molecule has 0 saturated carbocycles. The molecule has 194 valence electrons. The van der Waals surface area contributed by atoms with Crippen LogP contribution in [0.25, 0.3) is 11.1 Å². The lowest BCUT2D eigenvalue weighted by molar-refractivity contribution is -0.162. The number of carbonyl (C=O) groups is 1. The molecule has 0 bridgehead atoms. The SMILES string of the molecule is CC(Oc1cccc(CCNCC(Oc2ccccc2)c2nc3ccccc3o2)c1)C(=O)OC(C)(C)C. The zero-order valence-electron chi connectivity index (χ0n) is 21.8. The van der Waals surface area contributed by atoms with E-state index in [0.717, 1.165) is 28.8 Å². The van der Waals surface area contributed by atoms with Gasteiger partial charge in [0, 0.05) is 6.54 Å². The van der Waals surface area contributed by atoms with Crippen molar-refractivity contribution in [2.24, 2.45) is 0 Å². The van der Waals surface area contributed by atoms with Crippen molar-refractivity contribution >= 4 is 17.1 Å². The molecule has 2 unspecified atom stereocenters. The Balaban J connectivity index is 1.34. The average Bonchev–Trinajstić information content (AvgIpc) is 3.30. The summed E-state index contributed by atoms with van der Waals surface area (Å²) < 4.78 is 23.4. The molecule has 0 spiro atoms. The third-order valence-corrected chi connectivity index (χ3v) is 5.48. The molecule has 1 N–H and O–H groups in total. The van der Waals surface area contributed by atoms with Gasteiger partial charge in [0.1, 0.15) is 22.6 Å². The fourth-order valence-electron chi connectivity index (χ4n) is 3.75. The maximum Gasteiger partial charge on any atom is 0.347 e. The molecule has 7 nitrogen and oxygen atoms in total. The number of esters is 1. The molecular weight excluding hydrogens is 468 g/mol. The van der Waals surface area contributed by atoms with Crippen LogP contribution in [-0.2, 0) is 16.0 Å². The highest BCUT2D eigenvalue weighted by molar-refractivity contribution is 5.75. The lowest BCUT2D eigenvalue weighted by atomic mass is 10.1. The largest absolute Gasteiger partial charge is 0.479 e. The number of fused-ring (bicyclic) bond motifs is 1. The smallest absolute Gasteiger partial charge is 0.347 e. The summed E-state index contributed by atoms with van der Waals surface area (Å²) in [7, 11) is 0. The Morgan fingerprint density at radius 3 is 2.43 bits per heavy atom. The first-order chi connectivity index (χ1) is 17.8. The number of para-hydroxylation sites is 3. The van der Waals surface area contributed by atoms with E-state index in [-0.39, 0.29) is 12.1 Å². The molecule has 0 saturated heterocycles. The minimum absolute atomic E-state index is 0.386. The summed E-state index contributed by atoms with van der Waals surface area (Å²) in [4.78, 5) is 16.9. The zero-order chi connectivity index (χ0) is 26.3. The van der Waals surface area contributed by atoms with E-state index in [1.54, 1.807) is 6.92 Å². The van der Waals surface area contributed by atoms with Crippen LogP contribution in [-0.4, -0.2) is 35.7 Å². The van der Waals surface area contributed by atoms with Crippen LogP contribution in [0.3, 0.4) is 0 Å². The van der Waals surface area contributed by atoms with Gasteiger partial charge in [0.15, 0.2) is 17.8 Å². The number of oxazole rings is 1. The Hall–Kier alpha value is -3.84. The van der Waals surface area contributed by atoms with Crippen molar-refractivity contribution in [3.05, 3.63) is 90.3 Å². The first-order valence-electron chi connectivity index (χ1n) is 12.5. The molecule has 0 aliphatic heterocycles. The van der Waals surface area contributed by atoms with Crippen molar-refractivity contribution in [3.8, 4) is 11.5 Å². The van der Waals surface area contributed by atoms with Gasteiger partial charge in [-0.1, -0.05) is 42.5 Å². The Morgan fingerprint density at radius 1 is 0.946 bits per heavy atom. The second kappa shape index (κ2) is 11.9. The molecule has 0 aliphatic carbocycles. The van der Waals surface area contributed by atoms with Crippen molar-refractivity contribution in [1.82, 2.24) is 10.3 Å². The van der Waals surface area contributed by atoms with E-state index in [0.29, 0.717) is 24.7 Å². The number of ether oxygens (including phenoxy) is 3. The molecule has 3 aromatic carbocycles. The molecule has 4 aromatic rings. The fourth-order valence-corrected chi connectivity index (χ4v) is 3.75. The molecule has 1 aromatic heterocycles. The number of nitrogens with zero attached hydrogens (tertiary/aromatic N) is 1. The highest BCUT2D eigenvalue weighted by Gasteiger charge is 2.23. The van der Waals surface area contributed by atoms with Crippen molar-refractivity contribution < 1.29 is 23.4 Å². The summed E-state index contributed by atoms with van der Waals surface area (Å²) >= 11 is 0. The molecule has 0 radical (unpaired) electrons. The maximum atomic E-state index is 12.2. The van der Waals surface area contributed by atoms with Gasteiger partial charge in [-0.15, -0.1) is 0 Å². The first-order valence-corrected chi connectivity index (χ1v) is 12.5. The zero-order valence-corrected chi connectivity index (χ0v) is 21.8. The molecular formula is C30H34N2O5. The number of benzene rings is 3. The van der Waals surface area contributed by atoms with Gasteiger partial charge < -0.3 is 23.9 Å². The highest BCUT2D eigenvalue weighted by Crippen LogP contribution is 2.25. The number of rotatable bonds is 11. The van der Waals surface area contributed by atoms with Gasteiger partial charge in [-0.3, -0.25) is 0 Å². The summed E-state index contributed by atoms with van der Waals surface area (Å²) in [5.74, 6) is 1.53. The monoisotopic (exact) mass is 502 g/mol. The number of carbonyl (C=O) groups excluding carboxylic acids is 1. The van der Waals surface area contributed by atoms with E-state index < -0.39 is 11.7 Å². The third kappa shape index (κ3) is 7.82. The molecule has 7 heteroatoms. The van der Waals surface area contributed by atoms with Crippen LogP contribution in [0.5, 0.6) is 11.5 Å². The lowest BCUT2D eigenvalue weighted by Gasteiger charge is -2.22. The molecule has 0 amide bonds. The number of hydrogen-bond acceptors (Lipinski definition) is 7. The van der Waals surface area contributed by atoms with Crippen molar-refractivity contribution in [1.29, 1.82) is 0 Å². The molecule has 1 heterocycles. The first kappa shape index (κ1) is 26.2. The maximum absolute atomic E-state index is 12.2. The van der Waals surface area contributed by atoms with E-state index in [4.69, 9.17) is 18.6 Å². The predicted molar refractivity (Wildman–Crippen MR) is 143 cm³/mol. The Morgan fingerprint density at radius 2 is 1.68 bits per heavy atom. The van der Waals surface area contributed by atoms with Gasteiger partial charge in [0.05, 0.1) is 0 Å². The van der Waals surface area contributed by atoms with E-state index in [1.165, 1.54) is 0 Å². The Labute approximate surface area is 217 Å². The van der Waals surface area contributed by atoms with Crippen LogP contribution in [0.15, 0.2) is 83.3 Å². The average molecular weight is 503 g/mol. The van der Waals surface area contributed by atoms with Crippen molar-refractivity contribution in [3.63, 3.8) is 0 Å². The van der Waals surface area contributed by atoms with Crippen LogP contribution in [0.2, 0.25) is 0 Å². The minimum atomic E-state index is -0.695. The van der Waals surface area contributed by atoms with Gasteiger partial charge in [-0.2, -0.15) is 0 Å². The quantitative estimate of drug-likeness (QED) is 0.202. The molecule has 37 heavy (non-hydrogen) atoms. The van der Waals surface area contributed by atoms with Crippen LogP contribution < -0.4 is 14.8 Å². The van der Waals surface area contributed by atoms with Crippen molar-refractivity contribution in [2.75, 3.05) is 13.1 Å². The van der Waals surface area contributed by atoms with Gasteiger partial charge >= 0.3 is 5.97 Å². The molecule has 0 aliphatic rings. The summed E-state index contributed by atoms with van der Waals surface area (Å²) in [6.45, 7) is 8.44. The van der Waals surface area contributed by atoms with Gasteiger partial charge in [-0.25, -0.2) is 9.78 Å². The highest BCUT2D eigenvalue weighted by atomic mass is 16.6. The Bertz CT molecular complexity index is 1260. The Kier molecular flexibility index (Phi) is 8.46. The standard InChI is InChI=1S/C30H34N2O5/c1-21(29(33)37-30(2,3)4)34-24-14-10-11-22(19-24)17-18-31-20-27(35-23-12-6-5-7-13-23)28-32-25-15-8-9-16-26(25)36-28/h5-16,19,21,27,31H,17-18,20H2,1-4H3. The van der Waals surface area contributed by atoms with E-state index >= 15 is 0 Å². The number of hydrogen-bond donors (Lipinski definition) is 1. The molecule has 0 fully saturated rings. The van der Waals surface area contributed by atoms with E-state index in [9.17, 15) is 4.79 Å². The number of nitrogens with one attached hydrogen (secondary N) is 1. The lowest BCUT2D eigenvalue weighted by Crippen LogP contribution is -2.33. The summed E-state index contributed by atoms with van der Waals surface area (Å²) in [5, 5.41) is 3.46. The summed E-state index contributed by atoms with van der Waals surface area (Å²) in [6, 6.07) is 25.1. The van der Waals surface area contributed by atoms with E-state index in [2.05, 4.69) is 10.3 Å². The van der Waals surface area contributed by atoms with Crippen LogP contribution in [0.4, 0.5) is 0 Å². The van der Waals surface area contributed by atoms with Crippen molar-refractivity contribution in [2.45, 2.75) is 51.9 Å². The van der Waals surface area contributed by atoms with Crippen LogP contribution in [0.1, 0.15) is 45.3 Å². The topological polar surface area (TPSA) is 82.8 Å². The van der Waals surface area contributed by atoms with Crippen LogP contribution >= 0.6 is 0 Å². The number of aromatic nitrogens is 1. The normalized spacial score (nSPS) is 13.2. The van der Waals surface area contributed by atoms with Gasteiger partial charge in [-0.05, 0) is 82.6 Å². The summed E-state index contributed by atoms with van der Waals surface area (Å²) in [5.41, 5.74) is 2.07. The van der Waals surface area contributed by atoms with E-state index in [1.807, 2.05) is 99.6 Å².